The van der Waals surface area contributed by atoms with Crippen LogP contribution in [0.5, 0.6) is 0 Å². The molecule has 96 valence electrons. The van der Waals surface area contributed by atoms with Crippen molar-refractivity contribution in [1.82, 2.24) is 10.3 Å². The summed E-state index contributed by atoms with van der Waals surface area (Å²) in [5, 5.41) is 0. The van der Waals surface area contributed by atoms with E-state index in [1.54, 1.807) is 14.2 Å². The minimum atomic E-state index is -0.153. The molecule has 0 aliphatic rings. The van der Waals surface area contributed by atoms with E-state index in [0.717, 1.165) is 13.1 Å². The summed E-state index contributed by atoms with van der Waals surface area (Å²) < 4.78 is 10.0. The smallest absolute Gasteiger partial charge is 0.237 e. The predicted octanol–water partition coefficient (Wildman–Crippen LogP) is -0.793. The Hall–Kier alpha value is -0.690. The van der Waals surface area contributed by atoms with E-state index in [1.165, 1.54) is 0 Å². The maximum Gasteiger partial charge on any atom is 0.237 e. The van der Waals surface area contributed by atoms with Crippen LogP contribution < -0.4 is 11.3 Å². The first-order chi connectivity index (χ1) is 7.65. The highest BCUT2D eigenvalue weighted by molar-refractivity contribution is 5.77. The normalized spacial score (nSPS) is 12.8. The zero-order valence-electron chi connectivity index (χ0n) is 10.4. The summed E-state index contributed by atoms with van der Waals surface area (Å²) in [4.78, 5) is 13.4. The molecule has 0 bridgehead atoms. The maximum absolute atomic E-state index is 11.3. The van der Waals surface area contributed by atoms with Crippen molar-refractivity contribution in [1.29, 1.82) is 0 Å². The van der Waals surface area contributed by atoms with Gasteiger partial charge in [0.1, 0.15) is 0 Å². The summed E-state index contributed by atoms with van der Waals surface area (Å²) in [5.74, 6) is 4.79. The van der Waals surface area contributed by atoms with E-state index in [9.17, 15) is 4.79 Å². The number of nitrogens with two attached hydrogens (primary N) is 1. The molecule has 1 amide bonds. The monoisotopic (exact) mass is 233 g/mol. The van der Waals surface area contributed by atoms with Crippen LogP contribution in [0.2, 0.25) is 0 Å². The van der Waals surface area contributed by atoms with Gasteiger partial charge in [-0.15, -0.1) is 0 Å². The summed E-state index contributed by atoms with van der Waals surface area (Å²) in [6.07, 6.45) is 0. The number of hydrogen-bond donors (Lipinski definition) is 2. The number of nitrogens with one attached hydrogen (secondary N) is 1. The third-order valence-electron chi connectivity index (χ3n) is 2.35. The van der Waals surface area contributed by atoms with E-state index in [4.69, 9.17) is 15.3 Å². The van der Waals surface area contributed by atoms with Crippen LogP contribution >= 0.6 is 0 Å². The third kappa shape index (κ3) is 6.73. The third-order valence-corrected chi connectivity index (χ3v) is 2.35. The van der Waals surface area contributed by atoms with Crippen LogP contribution in [0, 0.1) is 5.92 Å². The van der Waals surface area contributed by atoms with Crippen LogP contribution in [0.4, 0.5) is 0 Å². The van der Waals surface area contributed by atoms with Crippen LogP contribution in [-0.4, -0.2) is 57.9 Å². The maximum atomic E-state index is 11.3. The van der Waals surface area contributed by atoms with Gasteiger partial charge >= 0.3 is 0 Å². The number of hydrazine groups is 1. The Kier molecular flexibility index (Phi) is 9.12. The minimum absolute atomic E-state index is 0.140. The van der Waals surface area contributed by atoms with Gasteiger partial charge in [0.2, 0.25) is 5.91 Å². The van der Waals surface area contributed by atoms with Crippen LogP contribution in [0.3, 0.4) is 0 Å². The Labute approximate surface area is 97.0 Å². The molecule has 0 aliphatic carbocycles. The molecule has 0 saturated heterocycles. The molecule has 0 heterocycles. The molecule has 16 heavy (non-hydrogen) atoms. The highest BCUT2D eigenvalue weighted by Crippen LogP contribution is 2.00. The van der Waals surface area contributed by atoms with E-state index in [0.29, 0.717) is 19.8 Å². The van der Waals surface area contributed by atoms with Gasteiger partial charge in [-0.2, -0.15) is 0 Å². The summed E-state index contributed by atoms with van der Waals surface area (Å²) >= 11 is 0. The Bertz CT molecular complexity index is 182. The van der Waals surface area contributed by atoms with Crippen molar-refractivity contribution in [3.63, 3.8) is 0 Å². The fourth-order valence-electron chi connectivity index (χ4n) is 1.35. The molecule has 6 heteroatoms. The number of hydrogen-bond acceptors (Lipinski definition) is 5. The van der Waals surface area contributed by atoms with Gasteiger partial charge in [0.25, 0.3) is 0 Å². The van der Waals surface area contributed by atoms with E-state index >= 15 is 0 Å². The summed E-state index contributed by atoms with van der Waals surface area (Å²) in [7, 11) is 3.31. The molecule has 0 saturated carbocycles. The van der Waals surface area contributed by atoms with Crippen LogP contribution in [0.15, 0.2) is 0 Å². The van der Waals surface area contributed by atoms with Crippen molar-refractivity contribution in [3.8, 4) is 0 Å². The van der Waals surface area contributed by atoms with Crippen molar-refractivity contribution in [3.05, 3.63) is 0 Å². The van der Waals surface area contributed by atoms with Crippen LogP contribution in [0.1, 0.15) is 6.92 Å². The van der Waals surface area contributed by atoms with Gasteiger partial charge in [0.15, 0.2) is 0 Å². The molecule has 0 aliphatic heterocycles. The molecule has 0 fully saturated rings. The van der Waals surface area contributed by atoms with Gasteiger partial charge in [-0.25, -0.2) is 5.84 Å². The summed E-state index contributed by atoms with van der Waals surface area (Å²) in [6, 6.07) is 0. The lowest BCUT2D eigenvalue weighted by Crippen LogP contribution is -2.42. The van der Waals surface area contributed by atoms with Gasteiger partial charge in [-0.05, 0) is 0 Å². The van der Waals surface area contributed by atoms with Crippen molar-refractivity contribution in [2.75, 3.05) is 47.1 Å². The van der Waals surface area contributed by atoms with E-state index in [-0.39, 0.29) is 11.8 Å². The summed E-state index contributed by atoms with van der Waals surface area (Å²) in [6.45, 7) is 5.33. The Morgan fingerprint density at radius 2 is 1.81 bits per heavy atom. The van der Waals surface area contributed by atoms with Gasteiger partial charge in [0, 0.05) is 39.8 Å². The van der Waals surface area contributed by atoms with E-state index in [1.807, 2.05) is 6.92 Å². The lowest BCUT2D eigenvalue weighted by atomic mass is 10.1. The second-order valence-corrected chi connectivity index (χ2v) is 3.70. The second-order valence-electron chi connectivity index (χ2n) is 3.70. The molecule has 0 radical (unpaired) electrons. The Morgan fingerprint density at radius 1 is 1.31 bits per heavy atom. The van der Waals surface area contributed by atoms with E-state index in [2.05, 4.69) is 10.3 Å². The number of carbonyl (C=O) groups excluding carboxylic acids is 1. The molecule has 0 spiro atoms. The highest BCUT2D eigenvalue weighted by atomic mass is 16.5. The lowest BCUT2D eigenvalue weighted by molar-refractivity contribution is -0.125. The Morgan fingerprint density at radius 3 is 2.19 bits per heavy atom. The average Bonchev–Trinajstić information content (AvgIpc) is 2.31. The fraction of sp³-hybridized carbons (Fsp3) is 0.900. The van der Waals surface area contributed by atoms with Crippen LogP contribution in [0.25, 0.3) is 0 Å². The number of methoxy groups -OCH3 is 2. The molecular formula is C10H23N3O3. The molecular weight excluding hydrogens is 210 g/mol. The van der Waals surface area contributed by atoms with Gasteiger partial charge < -0.3 is 9.47 Å². The second kappa shape index (κ2) is 9.53. The summed E-state index contributed by atoms with van der Waals surface area (Å²) in [5.41, 5.74) is 2.15. The quantitative estimate of drug-likeness (QED) is 0.310. The molecule has 6 nitrogen and oxygen atoms in total. The number of amides is 1. The molecule has 0 aromatic rings. The Balaban J connectivity index is 4.01. The van der Waals surface area contributed by atoms with Crippen molar-refractivity contribution in [2.45, 2.75) is 6.92 Å². The molecule has 1 atom stereocenters. The van der Waals surface area contributed by atoms with Crippen LogP contribution in [-0.2, 0) is 14.3 Å². The average molecular weight is 233 g/mol. The van der Waals surface area contributed by atoms with Crippen molar-refractivity contribution >= 4 is 5.91 Å². The highest BCUT2D eigenvalue weighted by Gasteiger charge is 2.15. The minimum Gasteiger partial charge on any atom is -0.383 e. The first-order valence-corrected chi connectivity index (χ1v) is 5.36. The molecule has 3 N–H and O–H groups in total. The standard InChI is InChI=1S/C10H23N3O3/c1-9(10(14)12-11)8-13(4-6-15-2)5-7-16-3/h9H,4-8,11H2,1-3H3,(H,12,14). The van der Waals surface area contributed by atoms with E-state index < -0.39 is 0 Å². The number of ether oxygens (including phenoxy) is 2. The van der Waals surface area contributed by atoms with Crippen molar-refractivity contribution in [2.24, 2.45) is 11.8 Å². The van der Waals surface area contributed by atoms with Crippen molar-refractivity contribution < 1.29 is 14.3 Å². The first kappa shape index (κ1) is 15.3. The predicted molar refractivity (Wildman–Crippen MR) is 61.7 cm³/mol. The fourth-order valence-corrected chi connectivity index (χ4v) is 1.35. The molecule has 0 rings (SSSR count). The number of nitrogens with zero attached hydrogens (tertiary/aromatic N) is 1. The van der Waals surface area contributed by atoms with Gasteiger partial charge in [0.05, 0.1) is 13.2 Å². The molecule has 0 aromatic carbocycles. The SMILES string of the molecule is COCCN(CCOC)CC(C)C(=O)NN. The van der Waals surface area contributed by atoms with Gasteiger partial charge in [-0.3, -0.25) is 15.1 Å². The molecule has 1 unspecified atom stereocenters. The topological polar surface area (TPSA) is 76.8 Å². The first-order valence-electron chi connectivity index (χ1n) is 5.36. The molecule has 0 aromatic heterocycles. The number of carbonyl (C=O) groups is 1. The zero-order chi connectivity index (χ0) is 12.4. The zero-order valence-corrected chi connectivity index (χ0v) is 10.4. The largest absolute Gasteiger partial charge is 0.383 e. The van der Waals surface area contributed by atoms with Gasteiger partial charge in [-0.1, -0.05) is 6.92 Å². The number of rotatable bonds is 9. The lowest BCUT2D eigenvalue weighted by Gasteiger charge is -2.24.